The third-order valence-electron chi connectivity index (χ3n) is 9.73. The van der Waals surface area contributed by atoms with Gasteiger partial charge in [0, 0.05) is 51.4 Å². The molecule has 0 aliphatic heterocycles. The van der Waals surface area contributed by atoms with Gasteiger partial charge in [-0.25, -0.2) is 4.98 Å². The molecule has 0 atom stereocenters. The van der Waals surface area contributed by atoms with E-state index in [1.807, 2.05) is 30.7 Å². The first kappa shape index (κ1) is 28.3. The van der Waals surface area contributed by atoms with Crippen molar-refractivity contribution in [3.63, 3.8) is 0 Å². The predicted molar refractivity (Wildman–Crippen MR) is 207 cm³/mol. The maximum Gasteiger partial charge on any atom is 0.0964 e. The molecule has 0 saturated heterocycles. The minimum Gasteiger partial charge on any atom is -0.256 e. The summed E-state index contributed by atoms with van der Waals surface area (Å²) in [7, 11) is 0. The van der Waals surface area contributed by atoms with Crippen LogP contribution in [0.15, 0.2) is 170 Å². The van der Waals surface area contributed by atoms with E-state index in [0.29, 0.717) is 0 Å². The van der Waals surface area contributed by atoms with Crippen molar-refractivity contribution < 1.29 is 0 Å². The van der Waals surface area contributed by atoms with Crippen molar-refractivity contribution >= 4 is 54.3 Å². The van der Waals surface area contributed by atoms with Gasteiger partial charge in [-0.1, -0.05) is 109 Å². The zero-order valence-corrected chi connectivity index (χ0v) is 27.0. The molecule has 0 unspecified atom stereocenters. The predicted octanol–water partition coefficient (Wildman–Crippen LogP) is 11.7. The topological polar surface area (TPSA) is 51.6 Å². The van der Waals surface area contributed by atoms with E-state index < -0.39 is 0 Å². The zero-order valence-electron chi connectivity index (χ0n) is 27.0. The Morgan fingerprint density at radius 3 is 1.88 bits per heavy atom. The third kappa shape index (κ3) is 4.77. The van der Waals surface area contributed by atoms with Gasteiger partial charge in [-0.15, -0.1) is 0 Å². The van der Waals surface area contributed by atoms with E-state index in [1.165, 1.54) is 27.1 Å². The lowest BCUT2D eigenvalue weighted by atomic mass is 9.95. The lowest BCUT2D eigenvalue weighted by Gasteiger charge is -2.13. The molecule has 0 radical (unpaired) electrons. The minimum atomic E-state index is 0.865. The van der Waals surface area contributed by atoms with E-state index >= 15 is 0 Å². The lowest BCUT2D eigenvalue weighted by molar-refractivity contribution is 1.31. The maximum absolute atomic E-state index is 5.31. The molecule has 6 aromatic carbocycles. The van der Waals surface area contributed by atoms with Gasteiger partial charge in [-0.05, 0) is 80.7 Å². The second kappa shape index (κ2) is 11.4. The molecule has 0 N–H and O–H groups in total. The van der Waals surface area contributed by atoms with Crippen molar-refractivity contribution in [3.8, 4) is 44.8 Å². The number of nitrogens with zero attached hydrogens (tertiary/aromatic N) is 4. The molecule has 4 nitrogen and oxygen atoms in total. The molecule has 0 bridgehead atoms. The molecule has 0 spiro atoms. The van der Waals surface area contributed by atoms with Gasteiger partial charge >= 0.3 is 0 Å². The molecule has 0 aliphatic rings. The Labute approximate surface area is 288 Å². The Hall–Kier alpha value is -6.78. The molecule has 10 aromatic rings. The summed E-state index contributed by atoms with van der Waals surface area (Å²) in [4.78, 5) is 19.7. The second-order valence-electron chi connectivity index (χ2n) is 12.7. The summed E-state index contributed by atoms with van der Waals surface area (Å²) < 4.78 is 0. The summed E-state index contributed by atoms with van der Waals surface area (Å²) in [6.07, 6.45) is 5.63. The van der Waals surface area contributed by atoms with Crippen LogP contribution in [0.2, 0.25) is 0 Å². The van der Waals surface area contributed by atoms with Crippen LogP contribution in [0.4, 0.5) is 0 Å². The molecule has 4 heteroatoms. The van der Waals surface area contributed by atoms with Crippen LogP contribution in [0.1, 0.15) is 0 Å². The van der Waals surface area contributed by atoms with Crippen LogP contribution in [0.3, 0.4) is 0 Å². The molecule has 232 valence electrons. The molecule has 0 amide bonds. The molecular formula is C46H28N4. The summed E-state index contributed by atoms with van der Waals surface area (Å²) in [6.45, 7) is 0. The van der Waals surface area contributed by atoms with Gasteiger partial charge in [-0.3, -0.25) is 15.0 Å². The number of hydrogen-bond donors (Lipinski definition) is 0. The molecular weight excluding hydrogens is 609 g/mol. The summed E-state index contributed by atoms with van der Waals surface area (Å²) >= 11 is 0. The van der Waals surface area contributed by atoms with Crippen LogP contribution >= 0.6 is 0 Å². The molecule has 0 fully saturated rings. The fraction of sp³-hybridized carbons (Fsp3) is 0. The Bertz CT molecular complexity index is 2940. The number of fused-ring (bicyclic) bond motifs is 7. The first-order chi connectivity index (χ1) is 24.7. The van der Waals surface area contributed by atoms with Gasteiger partial charge in [0.05, 0.1) is 27.9 Å². The van der Waals surface area contributed by atoms with E-state index in [2.05, 4.69) is 145 Å². The number of rotatable bonds is 4. The third-order valence-corrected chi connectivity index (χ3v) is 9.73. The molecule has 4 heterocycles. The van der Waals surface area contributed by atoms with Crippen molar-refractivity contribution in [2.45, 2.75) is 0 Å². The summed E-state index contributed by atoms with van der Waals surface area (Å²) in [5.41, 5.74) is 10.9. The van der Waals surface area contributed by atoms with Crippen LogP contribution in [-0.2, 0) is 0 Å². The van der Waals surface area contributed by atoms with Crippen molar-refractivity contribution in [1.82, 2.24) is 19.9 Å². The second-order valence-corrected chi connectivity index (χ2v) is 12.7. The van der Waals surface area contributed by atoms with E-state index in [0.717, 1.165) is 71.9 Å². The van der Waals surface area contributed by atoms with Crippen molar-refractivity contribution in [2.24, 2.45) is 0 Å². The Kier molecular flexibility index (Phi) is 6.46. The number of pyridine rings is 4. The largest absolute Gasteiger partial charge is 0.256 e. The Morgan fingerprint density at radius 1 is 0.320 bits per heavy atom. The molecule has 50 heavy (non-hydrogen) atoms. The highest BCUT2D eigenvalue weighted by Crippen LogP contribution is 2.36. The van der Waals surface area contributed by atoms with Crippen LogP contribution in [-0.4, -0.2) is 19.9 Å². The van der Waals surface area contributed by atoms with Crippen LogP contribution in [0, 0.1) is 0 Å². The van der Waals surface area contributed by atoms with Gasteiger partial charge in [-0.2, -0.15) is 0 Å². The van der Waals surface area contributed by atoms with Gasteiger partial charge in [0.25, 0.3) is 0 Å². The van der Waals surface area contributed by atoms with Crippen molar-refractivity contribution in [2.75, 3.05) is 0 Å². The SMILES string of the molecule is c1cc(-c2ccc3ccc4ccccc4c3c2)cc(-c2cc(-c3cnc4c(ccc5cccnc54)c3)cc(-c3cccc4cccnc34)n2)c1. The standard InChI is InChI=1S/C46H28N4/c1-2-13-39-29(7-1)15-16-30-17-19-34(25-41(30)39)33-9-3-10-35(23-33)42-26-37(27-43(50-42)40-14-4-8-31-11-5-21-47-44(31)40)38-24-36-20-18-32-12-6-22-48-45(32)46(36)49-28-38/h1-28H. The highest BCUT2D eigenvalue weighted by Gasteiger charge is 2.14. The van der Waals surface area contributed by atoms with Crippen molar-refractivity contribution in [1.29, 1.82) is 0 Å². The summed E-state index contributed by atoms with van der Waals surface area (Å²) in [5, 5.41) is 8.20. The van der Waals surface area contributed by atoms with E-state index in [-0.39, 0.29) is 0 Å². The number of benzene rings is 6. The van der Waals surface area contributed by atoms with Crippen molar-refractivity contribution in [3.05, 3.63) is 170 Å². The first-order valence-corrected chi connectivity index (χ1v) is 16.8. The molecule has 4 aromatic heterocycles. The highest BCUT2D eigenvalue weighted by atomic mass is 14.7. The molecule has 0 aliphatic carbocycles. The maximum atomic E-state index is 5.31. The van der Waals surface area contributed by atoms with E-state index in [1.54, 1.807) is 0 Å². The van der Waals surface area contributed by atoms with E-state index in [4.69, 9.17) is 15.0 Å². The average Bonchev–Trinajstić information content (AvgIpc) is 3.20. The first-order valence-electron chi connectivity index (χ1n) is 16.8. The van der Waals surface area contributed by atoms with Gasteiger partial charge in [0.15, 0.2) is 0 Å². The molecule has 0 saturated carbocycles. The fourth-order valence-corrected chi connectivity index (χ4v) is 7.23. The average molecular weight is 637 g/mol. The quantitative estimate of drug-likeness (QED) is 0.180. The number of hydrogen-bond acceptors (Lipinski definition) is 4. The summed E-state index contributed by atoms with van der Waals surface area (Å²) in [6, 6.07) is 53.6. The van der Waals surface area contributed by atoms with Crippen LogP contribution in [0.5, 0.6) is 0 Å². The highest BCUT2D eigenvalue weighted by molar-refractivity contribution is 6.09. The normalized spacial score (nSPS) is 11.6. The fourth-order valence-electron chi connectivity index (χ4n) is 7.23. The Balaban J connectivity index is 1.15. The van der Waals surface area contributed by atoms with Crippen LogP contribution < -0.4 is 0 Å². The minimum absolute atomic E-state index is 0.865. The lowest BCUT2D eigenvalue weighted by Crippen LogP contribution is -1.94. The van der Waals surface area contributed by atoms with Gasteiger partial charge in [0.1, 0.15) is 0 Å². The zero-order chi connectivity index (χ0) is 33.0. The van der Waals surface area contributed by atoms with Gasteiger partial charge < -0.3 is 0 Å². The smallest absolute Gasteiger partial charge is 0.0964 e. The van der Waals surface area contributed by atoms with Gasteiger partial charge in [0.2, 0.25) is 0 Å². The molecule has 10 rings (SSSR count). The monoisotopic (exact) mass is 636 g/mol. The number of aromatic nitrogens is 4. The summed E-state index contributed by atoms with van der Waals surface area (Å²) in [5.74, 6) is 0. The Morgan fingerprint density at radius 2 is 0.960 bits per heavy atom. The van der Waals surface area contributed by atoms with Crippen LogP contribution in [0.25, 0.3) is 99.0 Å². The van der Waals surface area contributed by atoms with E-state index in [9.17, 15) is 0 Å². The number of para-hydroxylation sites is 1.